The molecule has 0 saturated carbocycles. The normalized spacial score (nSPS) is 15.3. The van der Waals surface area contributed by atoms with Crippen LogP contribution in [0.1, 0.15) is 27.6 Å². The molecule has 140 valence electrons. The number of hydrogen-bond donors (Lipinski definition) is 3. The van der Waals surface area contributed by atoms with Crippen molar-refractivity contribution in [3.8, 4) is 11.5 Å². The van der Waals surface area contributed by atoms with E-state index in [0.29, 0.717) is 4.47 Å². The van der Waals surface area contributed by atoms with Crippen molar-refractivity contribution in [1.29, 1.82) is 0 Å². The molecule has 1 unspecified atom stereocenters. The molecule has 27 heavy (non-hydrogen) atoms. The van der Waals surface area contributed by atoms with Crippen molar-refractivity contribution < 1.29 is 28.2 Å². The molecule has 0 radical (unpaired) electrons. The lowest BCUT2D eigenvalue weighted by molar-refractivity contribution is 0.0974. The van der Waals surface area contributed by atoms with Gasteiger partial charge in [-0.15, -0.1) is 0 Å². The van der Waals surface area contributed by atoms with Crippen LogP contribution >= 0.6 is 15.9 Å². The van der Waals surface area contributed by atoms with Crippen LogP contribution in [0.15, 0.2) is 57.4 Å². The van der Waals surface area contributed by atoms with E-state index in [4.69, 9.17) is 0 Å². The Kier molecular flexibility index (Phi) is 4.94. The third kappa shape index (κ3) is 3.41. The topological polar surface area (TPSA) is 121 Å². The highest BCUT2D eigenvalue weighted by Gasteiger charge is 2.34. The molecular formula is C18H14BrNO6S. The van der Waals surface area contributed by atoms with E-state index in [1.807, 2.05) is 0 Å². The average Bonchev–Trinajstić information content (AvgIpc) is 2.59. The maximum atomic E-state index is 12.7. The third-order valence-electron chi connectivity index (χ3n) is 4.11. The van der Waals surface area contributed by atoms with Gasteiger partial charge in [0.15, 0.2) is 11.6 Å². The van der Waals surface area contributed by atoms with Gasteiger partial charge in [0.2, 0.25) is 10.0 Å². The summed E-state index contributed by atoms with van der Waals surface area (Å²) in [5.74, 6) is -2.33. The molecule has 0 heterocycles. The fourth-order valence-electron chi connectivity index (χ4n) is 2.83. The minimum absolute atomic E-state index is 0.0204. The van der Waals surface area contributed by atoms with Crippen LogP contribution in [-0.4, -0.2) is 36.2 Å². The van der Waals surface area contributed by atoms with Gasteiger partial charge in [0.1, 0.15) is 11.5 Å². The van der Waals surface area contributed by atoms with E-state index < -0.39 is 39.1 Å². The minimum Gasteiger partial charge on any atom is -0.507 e. The van der Waals surface area contributed by atoms with Gasteiger partial charge >= 0.3 is 0 Å². The lowest BCUT2D eigenvalue weighted by Crippen LogP contribution is -2.38. The smallest absolute Gasteiger partial charge is 0.242 e. The van der Waals surface area contributed by atoms with Crippen LogP contribution in [0.2, 0.25) is 0 Å². The highest BCUT2D eigenvalue weighted by atomic mass is 79.9. The number of Topliss-reactive ketones (excluding diaryl/α,β-unsaturated/α-hetero) is 1. The Morgan fingerprint density at radius 3 is 2.22 bits per heavy atom. The van der Waals surface area contributed by atoms with Crippen molar-refractivity contribution in [1.82, 2.24) is 4.72 Å². The van der Waals surface area contributed by atoms with E-state index in [1.165, 1.54) is 13.0 Å². The van der Waals surface area contributed by atoms with E-state index >= 15 is 0 Å². The summed E-state index contributed by atoms with van der Waals surface area (Å²) < 4.78 is 27.9. The maximum Gasteiger partial charge on any atom is 0.242 e. The Labute approximate surface area is 163 Å². The van der Waals surface area contributed by atoms with Crippen molar-refractivity contribution in [3.05, 3.63) is 63.6 Å². The highest BCUT2D eigenvalue weighted by molar-refractivity contribution is 9.10. The number of sulfonamides is 1. The number of aromatic hydroxyl groups is 2. The molecule has 1 aliphatic rings. The second kappa shape index (κ2) is 6.91. The predicted molar refractivity (Wildman–Crippen MR) is 100 cm³/mol. The number of carbonyl (C=O) groups excluding carboxylic acids is 2. The summed E-state index contributed by atoms with van der Waals surface area (Å²) in [4.78, 5) is 25.0. The lowest BCUT2D eigenvalue weighted by Gasteiger charge is -2.22. The summed E-state index contributed by atoms with van der Waals surface area (Å²) in [6.07, 6.45) is 0.969. The molecule has 0 spiro atoms. The number of phenolic OH excluding ortho intramolecular Hbond substituents is 2. The number of fused-ring (bicyclic) bond motifs is 1. The average molecular weight is 452 g/mol. The first-order valence-corrected chi connectivity index (χ1v) is 10.0. The number of rotatable bonds is 4. The molecule has 0 amide bonds. The van der Waals surface area contributed by atoms with Gasteiger partial charge in [0.05, 0.1) is 16.0 Å². The number of hydrogen-bond acceptors (Lipinski definition) is 6. The van der Waals surface area contributed by atoms with E-state index in [1.54, 1.807) is 18.2 Å². The van der Waals surface area contributed by atoms with Gasteiger partial charge in [0, 0.05) is 16.1 Å². The van der Waals surface area contributed by atoms with Crippen molar-refractivity contribution >= 4 is 37.5 Å². The standard InChI is InChI=1S/C18H14BrNO6S/c1-9(20-27(25,26)15-5-3-2-4-11(15)19)10-8-14(23)16-12(21)6-7-13(22)17(16)18(10)24/h2-9,20-22H,1H3. The zero-order valence-corrected chi connectivity index (χ0v) is 16.3. The molecule has 3 rings (SSSR count). The van der Waals surface area contributed by atoms with Crippen molar-refractivity contribution in [2.24, 2.45) is 0 Å². The second-order valence-electron chi connectivity index (χ2n) is 5.92. The van der Waals surface area contributed by atoms with Gasteiger partial charge < -0.3 is 10.2 Å². The Hall–Kier alpha value is -2.49. The molecule has 1 aliphatic carbocycles. The number of nitrogens with one attached hydrogen (secondary N) is 1. The van der Waals surface area contributed by atoms with E-state index in [9.17, 15) is 28.2 Å². The largest absolute Gasteiger partial charge is 0.507 e. The summed E-state index contributed by atoms with van der Waals surface area (Å²) in [6, 6.07) is 7.31. The fraction of sp³-hybridized carbons (Fsp3) is 0.111. The summed E-state index contributed by atoms with van der Waals surface area (Å²) in [7, 11) is -3.99. The van der Waals surface area contributed by atoms with Gasteiger partial charge in [-0.3, -0.25) is 9.59 Å². The molecule has 0 aliphatic heterocycles. The number of benzene rings is 2. The van der Waals surface area contributed by atoms with E-state index in [-0.39, 0.29) is 21.6 Å². The first kappa shape index (κ1) is 19.3. The maximum absolute atomic E-state index is 12.7. The van der Waals surface area contributed by atoms with Crippen molar-refractivity contribution in [2.75, 3.05) is 0 Å². The molecule has 0 aromatic heterocycles. The number of phenols is 2. The number of allylic oxidation sites excluding steroid dienone is 1. The quantitative estimate of drug-likeness (QED) is 0.614. The van der Waals surface area contributed by atoms with Gasteiger partial charge in [-0.2, -0.15) is 0 Å². The third-order valence-corrected chi connectivity index (χ3v) is 6.66. The monoisotopic (exact) mass is 451 g/mol. The first-order chi connectivity index (χ1) is 12.6. The Morgan fingerprint density at radius 1 is 1.00 bits per heavy atom. The fourth-order valence-corrected chi connectivity index (χ4v) is 5.05. The molecule has 7 nitrogen and oxygen atoms in total. The van der Waals surface area contributed by atoms with Crippen molar-refractivity contribution in [2.45, 2.75) is 17.9 Å². The molecule has 3 N–H and O–H groups in total. The number of ketones is 2. The summed E-state index contributed by atoms with van der Waals surface area (Å²) in [5, 5.41) is 19.8. The SMILES string of the molecule is CC(NS(=O)(=O)c1ccccc1Br)C1=CC(=O)c2c(O)ccc(O)c2C1=O. The molecule has 2 aromatic carbocycles. The molecule has 0 saturated heterocycles. The van der Waals surface area contributed by atoms with Gasteiger partial charge in [-0.1, -0.05) is 12.1 Å². The zero-order valence-electron chi connectivity index (χ0n) is 13.9. The van der Waals surface area contributed by atoms with Gasteiger partial charge in [0.25, 0.3) is 0 Å². The van der Waals surface area contributed by atoms with E-state index in [0.717, 1.165) is 18.2 Å². The molecule has 9 heteroatoms. The molecule has 2 aromatic rings. The Balaban J connectivity index is 1.98. The van der Waals surface area contributed by atoms with Crippen LogP contribution < -0.4 is 4.72 Å². The summed E-state index contributed by atoms with van der Waals surface area (Å²) in [6.45, 7) is 1.41. The number of halogens is 1. The van der Waals surface area contributed by atoms with Crippen LogP contribution in [0.25, 0.3) is 0 Å². The van der Waals surface area contributed by atoms with Gasteiger partial charge in [-0.25, -0.2) is 13.1 Å². The number of carbonyl (C=O) groups is 2. The minimum atomic E-state index is -3.99. The van der Waals surface area contributed by atoms with E-state index in [2.05, 4.69) is 20.7 Å². The van der Waals surface area contributed by atoms with Crippen LogP contribution in [0, 0.1) is 0 Å². The Morgan fingerprint density at radius 2 is 1.59 bits per heavy atom. The second-order valence-corrected chi connectivity index (χ2v) is 8.46. The van der Waals surface area contributed by atoms with Crippen molar-refractivity contribution in [3.63, 3.8) is 0 Å². The zero-order chi connectivity index (χ0) is 19.9. The summed E-state index contributed by atoms with van der Waals surface area (Å²) in [5.41, 5.74) is -0.780. The highest BCUT2D eigenvalue weighted by Crippen LogP contribution is 2.35. The molecule has 0 fully saturated rings. The van der Waals surface area contributed by atoms with Crippen LogP contribution in [0.4, 0.5) is 0 Å². The molecular weight excluding hydrogens is 438 g/mol. The van der Waals surface area contributed by atoms with Crippen LogP contribution in [-0.2, 0) is 10.0 Å². The van der Waals surface area contributed by atoms with Crippen LogP contribution in [0.5, 0.6) is 11.5 Å². The van der Waals surface area contributed by atoms with Gasteiger partial charge in [-0.05, 0) is 53.2 Å². The molecule has 1 atom stereocenters. The summed E-state index contributed by atoms with van der Waals surface area (Å²) >= 11 is 3.16. The predicted octanol–water partition coefficient (Wildman–Crippen LogP) is 2.53. The first-order valence-electron chi connectivity index (χ1n) is 7.76. The Bertz CT molecular complexity index is 1110. The lowest BCUT2D eigenvalue weighted by atomic mass is 9.86. The van der Waals surface area contributed by atoms with Crippen LogP contribution in [0.3, 0.4) is 0 Å². The molecule has 0 bridgehead atoms.